The van der Waals surface area contributed by atoms with Crippen LogP contribution >= 0.6 is 27.7 Å². The van der Waals surface area contributed by atoms with Gasteiger partial charge in [0.2, 0.25) is 0 Å². The first-order valence-electron chi connectivity index (χ1n) is 7.14. The number of aromatic hydroxyl groups is 1. The minimum Gasteiger partial charge on any atom is -0.504 e. The van der Waals surface area contributed by atoms with Gasteiger partial charge in [-0.1, -0.05) is 57.5 Å². The fourth-order valence-electron chi connectivity index (χ4n) is 2.23. The molecule has 0 saturated heterocycles. The number of aryl methyl sites for hydroxylation is 1. The molecule has 0 saturated carbocycles. The van der Waals surface area contributed by atoms with Crippen molar-refractivity contribution in [1.29, 1.82) is 0 Å². The number of benzene rings is 2. The Kier molecular flexibility index (Phi) is 4.78. The molecule has 1 aliphatic rings. The highest BCUT2D eigenvalue weighted by Crippen LogP contribution is 2.38. The molecule has 1 N–H and O–H groups in total. The number of nitrogens with zero attached hydrogens (tertiary/aromatic N) is 1. The number of aliphatic imine (C=N–C) groups is 1. The Morgan fingerprint density at radius 3 is 2.62 bits per heavy atom. The third-order valence-electron chi connectivity index (χ3n) is 3.49. The van der Waals surface area contributed by atoms with Gasteiger partial charge in [0, 0.05) is 15.6 Å². The maximum absolute atomic E-state index is 12.2. The molecule has 0 fully saturated rings. The zero-order chi connectivity index (χ0) is 17.3. The van der Waals surface area contributed by atoms with Gasteiger partial charge in [0.15, 0.2) is 11.5 Å². The van der Waals surface area contributed by atoms with Crippen LogP contribution in [-0.4, -0.2) is 23.2 Å². The molecular weight excluding hydrogens is 390 g/mol. The van der Waals surface area contributed by atoms with Crippen molar-refractivity contribution < 1.29 is 14.6 Å². The third-order valence-corrected chi connectivity index (χ3v) is 4.99. The van der Waals surface area contributed by atoms with Gasteiger partial charge in [-0.2, -0.15) is 0 Å². The maximum atomic E-state index is 12.2. The molecule has 0 atom stereocenters. The summed E-state index contributed by atoms with van der Waals surface area (Å²) in [5, 5.41) is 10.9. The van der Waals surface area contributed by atoms with Crippen LogP contribution in [0.3, 0.4) is 0 Å². The van der Waals surface area contributed by atoms with E-state index in [1.807, 2.05) is 31.2 Å². The quantitative estimate of drug-likeness (QED) is 0.764. The van der Waals surface area contributed by atoms with Crippen LogP contribution in [-0.2, 0) is 4.79 Å². The third kappa shape index (κ3) is 3.39. The van der Waals surface area contributed by atoms with Gasteiger partial charge in [0.25, 0.3) is 5.91 Å². The van der Waals surface area contributed by atoms with Crippen LogP contribution in [0.1, 0.15) is 16.7 Å². The summed E-state index contributed by atoms with van der Waals surface area (Å²) in [5.74, 6) is 0.0191. The summed E-state index contributed by atoms with van der Waals surface area (Å²) in [7, 11) is 1.48. The summed E-state index contributed by atoms with van der Waals surface area (Å²) in [6, 6.07) is 11.2. The number of rotatable bonds is 3. The lowest BCUT2D eigenvalue weighted by Crippen LogP contribution is -1.90. The Morgan fingerprint density at radius 1 is 1.25 bits per heavy atom. The predicted octanol–water partition coefficient (Wildman–Crippen LogP) is 4.53. The minimum atomic E-state index is -0.311. The molecule has 24 heavy (non-hydrogen) atoms. The van der Waals surface area contributed by atoms with Crippen LogP contribution in [0.5, 0.6) is 11.5 Å². The molecule has 0 bridgehead atoms. The van der Waals surface area contributed by atoms with Crippen molar-refractivity contribution in [3.8, 4) is 11.5 Å². The monoisotopic (exact) mass is 403 g/mol. The first kappa shape index (κ1) is 16.8. The maximum Gasteiger partial charge on any atom is 0.284 e. The fourth-order valence-corrected chi connectivity index (χ4v) is 3.59. The second-order valence-electron chi connectivity index (χ2n) is 5.24. The number of phenolic OH excluding ortho intramolecular Hbond substituents is 1. The van der Waals surface area contributed by atoms with E-state index in [2.05, 4.69) is 20.9 Å². The molecule has 6 heteroatoms. The zero-order valence-corrected chi connectivity index (χ0v) is 15.4. The number of amides is 1. The van der Waals surface area contributed by atoms with E-state index in [4.69, 9.17) is 4.74 Å². The van der Waals surface area contributed by atoms with Gasteiger partial charge < -0.3 is 9.84 Å². The summed E-state index contributed by atoms with van der Waals surface area (Å²) in [6.45, 7) is 2.01. The number of hydrogen-bond acceptors (Lipinski definition) is 4. The van der Waals surface area contributed by atoms with Crippen molar-refractivity contribution in [1.82, 2.24) is 0 Å². The number of halogens is 1. The minimum absolute atomic E-state index is 0.00890. The second-order valence-corrected chi connectivity index (χ2v) is 7.19. The highest BCUT2D eigenvalue weighted by atomic mass is 79.9. The van der Waals surface area contributed by atoms with E-state index < -0.39 is 0 Å². The van der Waals surface area contributed by atoms with Gasteiger partial charge in [-0.15, -0.1) is 0 Å². The first-order chi connectivity index (χ1) is 11.5. The average Bonchev–Trinajstić information content (AvgIpc) is 2.92. The van der Waals surface area contributed by atoms with Crippen LogP contribution in [0.15, 0.2) is 50.8 Å². The number of carbonyl (C=O) groups excluding carboxylic acids is 1. The summed E-state index contributed by atoms with van der Waals surface area (Å²) in [5.41, 5.74) is 2.55. The fraction of sp³-hybridized carbons (Fsp3) is 0.111. The van der Waals surface area contributed by atoms with E-state index >= 15 is 0 Å². The molecule has 1 amide bonds. The Morgan fingerprint density at radius 2 is 1.96 bits per heavy atom. The van der Waals surface area contributed by atoms with Gasteiger partial charge in [0.05, 0.1) is 12.0 Å². The van der Waals surface area contributed by atoms with Gasteiger partial charge in [-0.25, -0.2) is 4.99 Å². The Hall–Kier alpha value is -2.05. The van der Waals surface area contributed by atoms with Gasteiger partial charge in [0.1, 0.15) is 5.04 Å². The number of methoxy groups -OCH3 is 1. The lowest BCUT2D eigenvalue weighted by molar-refractivity contribution is -0.113. The van der Waals surface area contributed by atoms with E-state index in [1.165, 1.54) is 18.9 Å². The number of hydrogen-bond donors (Lipinski definition) is 1. The highest BCUT2D eigenvalue weighted by Gasteiger charge is 2.23. The topological polar surface area (TPSA) is 58.9 Å². The Bertz CT molecular complexity index is 873. The van der Waals surface area contributed by atoms with Crippen molar-refractivity contribution in [2.24, 2.45) is 4.99 Å². The van der Waals surface area contributed by atoms with Gasteiger partial charge >= 0.3 is 0 Å². The number of phenols is 1. The van der Waals surface area contributed by atoms with Crippen molar-refractivity contribution >= 4 is 44.7 Å². The van der Waals surface area contributed by atoms with E-state index in [9.17, 15) is 9.90 Å². The smallest absolute Gasteiger partial charge is 0.284 e. The molecule has 122 valence electrons. The lowest BCUT2D eigenvalue weighted by atomic mass is 10.1. The Labute approximate surface area is 152 Å². The van der Waals surface area contributed by atoms with Crippen LogP contribution in [0.2, 0.25) is 0 Å². The normalized spacial score (nSPS) is 15.7. The van der Waals surface area contributed by atoms with Crippen molar-refractivity contribution in [3.63, 3.8) is 0 Å². The lowest BCUT2D eigenvalue weighted by Gasteiger charge is -2.07. The molecule has 0 radical (unpaired) electrons. The van der Waals surface area contributed by atoms with Crippen molar-refractivity contribution in [2.45, 2.75) is 6.92 Å². The SMILES string of the molecule is COc1cc(Br)cc(/C=C2/SC(c3ccc(C)cc3)=NC2=O)c1O. The molecule has 4 nitrogen and oxygen atoms in total. The van der Waals surface area contributed by atoms with Gasteiger partial charge in [-0.3, -0.25) is 4.79 Å². The molecule has 1 heterocycles. The zero-order valence-electron chi connectivity index (χ0n) is 13.0. The van der Waals surface area contributed by atoms with Crippen LogP contribution in [0.4, 0.5) is 0 Å². The molecule has 3 rings (SSSR count). The molecular formula is C18H14BrNO3S. The number of carbonyl (C=O) groups is 1. The average molecular weight is 404 g/mol. The van der Waals surface area contributed by atoms with E-state index in [0.29, 0.717) is 21.3 Å². The van der Waals surface area contributed by atoms with Crippen LogP contribution in [0.25, 0.3) is 6.08 Å². The van der Waals surface area contributed by atoms with Crippen LogP contribution < -0.4 is 4.74 Å². The van der Waals surface area contributed by atoms with E-state index in [-0.39, 0.29) is 11.7 Å². The van der Waals surface area contributed by atoms with Gasteiger partial charge in [-0.05, 0) is 25.1 Å². The Balaban J connectivity index is 1.93. The molecule has 0 unspecified atom stereocenters. The molecule has 0 spiro atoms. The van der Waals surface area contributed by atoms with E-state index in [1.54, 1.807) is 18.2 Å². The molecule has 1 aliphatic heterocycles. The standard InChI is InChI=1S/C18H14BrNO3S/c1-10-3-5-11(6-4-10)18-20-17(22)15(24-18)8-12-7-13(19)9-14(23-2)16(12)21/h3-9,21H,1-2H3/b15-8+. The predicted molar refractivity (Wildman–Crippen MR) is 101 cm³/mol. The molecule has 2 aromatic rings. The highest BCUT2D eigenvalue weighted by molar-refractivity contribution is 9.10. The second kappa shape index (κ2) is 6.83. The summed E-state index contributed by atoms with van der Waals surface area (Å²) in [6.07, 6.45) is 1.63. The van der Waals surface area contributed by atoms with Crippen LogP contribution in [0, 0.1) is 6.92 Å². The summed E-state index contributed by atoms with van der Waals surface area (Å²) in [4.78, 5) is 16.7. The first-order valence-corrected chi connectivity index (χ1v) is 8.75. The van der Waals surface area contributed by atoms with Crippen molar-refractivity contribution in [2.75, 3.05) is 7.11 Å². The van der Waals surface area contributed by atoms with Crippen molar-refractivity contribution in [3.05, 3.63) is 62.5 Å². The summed E-state index contributed by atoms with van der Waals surface area (Å²) >= 11 is 4.66. The largest absolute Gasteiger partial charge is 0.504 e. The molecule has 2 aromatic carbocycles. The molecule has 0 aliphatic carbocycles. The van der Waals surface area contributed by atoms with E-state index in [0.717, 1.165) is 15.6 Å². The number of ether oxygens (including phenoxy) is 1. The number of thioether (sulfide) groups is 1. The summed E-state index contributed by atoms with van der Waals surface area (Å²) < 4.78 is 5.88. The molecule has 0 aromatic heterocycles.